The smallest absolute Gasteiger partial charge is 0.338 e. The third-order valence-corrected chi connectivity index (χ3v) is 16.6. The van der Waals surface area contributed by atoms with Crippen molar-refractivity contribution in [3.8, 4) is 0 Å². The van der Waals surface area contributed by atoms with Gasteiger partial charge in [-0.3, -0.25) is 0 Å². The molecule has 3 aromatic carbocycles. The number of fused-ring (bicyclic) bond motifs is 5. The third kappa shape index (κ3) is 14.8. The van der Waals surface area contributed by atoms with Gasteiger partial charge in [0.05, 0.1) is 17.7 Å². The number of carbonyl (C=O) groups excluding carboxylic acids is 2. The van der Waals surface area contributed by atoms with Gasteiger partial charge in [-0.05, 0) is 180 Å². The second-order valence-corrected chi connectivity index (χ2v) is 22.3. The maximum Gasteiger partial charge on any atom is 0.338 e. The zero-order valence-corrected chi connectivity index (χ0v) is 43.5. The summed E-state index contributed by atoms with van der Waals surface area (Å²) in [6, 6.07) is 23.3. The van der Waals surface area contributed by atoms with Gasteiger partial charge in [-0.15, -0.1) is 0 Å². The maximum atomic E-state index is 12.8. The number of rotatable bonds is 16. The third-order valence-electron chi connectivity index (χ3n) is 16.6. The van der Waals surface area contributed by atoms with Crippen molar-refractivity contribution >= 4 is 24.1 Å². The van der Waals surface area contributed by atoms with Crippen LogP contribution < -0.4 is 0 Å². The fourth-order valence-electron chi connectivity index (χ4n) is 12.4. The average molecular weight is 909 g/mol. The van der Waals surface area contributed by atoms with E-state index in [0.29, 0.717) is 34.5 Å². The van der Waals surface area contributed by atoms with Crippen molar-refractivity contribution in [2.75, 3.05) is 6.61 Å². The van der Waals surface area contributed by atoms with E-state index in [9.17, 15) is 9.59 Å². The predicted octanol–water partition coefficient (Wildman–Crippen LogP) is 17.5. The lowest BCUT2D eigenvalue weighted by Crippen LogP contribution is -2.51. The second-order valence-electron chi connectivity index (χ2n) is 22.3. The minimum absolute atomic E-state index is 0.0288. The molecule has 0 saturated heterocycles. The topological polar surface area (TPSA) is 52.6 Å². The molecule has 4 heteroatoms. The molecule has 0 radical (unpaired) electrons. The zero-order valence-electron chi connectivity index (χ0n) is 43.5. The Morgan fingerprint density at radius 3 is 1.93 bits per heavy atom. The van der Waals surface area contributed by atoms with Crippen LogP contribution in [0.5, 0.6) is 0 Å². The van der Waals surface area contributed by atoms with E-state index >= 15 is 0 Å². The molecule has 3 saturated carbocycles. The molecule has 3 fully saturated rings. The molecule has 0 aliphatic heterocycles. The van der Waals surface area contributed by atoms with Gasteiger partial charge < -0.3 is 9.47 Å². The van der Waals surface area contributed by atoms with Gasteiger partial charge in [-0.1, -0.05) is 169 Å². The van der Waals surface area contributed by atoms with Crippen molar-refractivity contribution in [1.82, 2.24) is 0 Å². The van der Waals surface area contributed by atoms with E-state index in [-0.39, 0.29) is 18.0 Å². The van der Waals surface area contributed by atoms with Gasteiger partial charge in [0.25, 0.3) is 0 Å². The van der Waals surface area contributed by atoms with Crippen LogP contribution in [0.3, 0.4) is 0 Å². The van der Waals surface area contributed by atoms with Crippen LogP contribution in [0.2, 0.25) is 0 Å². The molecule has 9 atom stereocenters. The Morgan fingerprint density at radius 1 is 0.716 bits per heavy atom. The number of allylic oxidation sites excluding steroid dienone is 3. The lowest BCUT2D eigenvalue weighted by Gasteiger charge is -2.58. The van der Waals surface area contributed by atoms with Crippen LogP contribution in [-0.2, 0) is 9.47 Å². The number of hydrogen-bond acceptors (Lipinski definition) is 4. The van der Waals surface area contributed by atoms with Crippen LogP contribution in [0.25, 0.3) is 12.2 Å². The molecule has 4 aliphatic rings. The highest BCUT2D eigenvalue weighted by Gasteiger charge is 2.59. The van der Waals surface area contributed by atoms with Gasteiger partial charge in [0, 0.05) is 6.42 Å². The number of ether oxygens (including phenoxy) is 2. The monoisotopic (exact) mass is 909 g/mol. The van der Waals surface area contributed by atoms with Crippen LogP contribution >= 0.6 is 0 Å². The average Bonchev–Trinajstić information content (AvgIpc) is 3.67. The lowest BCUT2D eigenvalue weighted by atomic mass is 9.47. The van der Waals surface area contributed by atoms with Crippen LogP contribution in [0.4, 0.5) is 0 Å². The summed E-state index contributed by atoms with van der Waals surface area (Å²) in [6.07, 6.45) is 25.9. The van der Waals surface area contributed by atoms with E-state index in [1.165, 1.54) is 80.1 Å². The molecule has 364 valence electrons. The van der Waals surface area contributed by atoms with Crippen molar-refractivity contribution in [3.63, 3.8) is 0 Å². The van der Waals surface area contributed by atoms with Crippen LogP contribution in [-0.4, -0.2) is 24.6 Å². The summed E-state index contributed by atoms with van der Waals surface area (Å²) in [4.78, 5) is 24.7. The van der Waals surface area contributed by atoms with Gasteiger partial charge in [-0.25, -0.2) is 9.59 Å². The minimum atomic E-state index is -0.248. The molecule has 67 heavy (non-hydrogen) atoms. The predicted molar refractivity (Wildman–Crippen MR) is 284 cm³/mol. The van der Waals surface area contributed by atoms with Crippen molar-refractivity contribution in [1.29, 1.82) is 0 Å². The summed E-state index contributed by atoms with van der Waals surface area (Å²) in [5.41, 5.74) is 9.72. The molecule has 0 heterocycles. The molecule has 9 unspecified atom stereocenters. The normalized spacial score (nSPS) is 25.7. The quantitative estimate of drug-likeness (QED) is 0.106. The number of hydrogen-bond donors (Lipinski definition) is 0. The molecule has 0 spiro atoms. The van der Waals surface area contributed by atoms with E-state index in [1.54, 1.807) is 23.8 Å². The van der Waals surface area contributed by atoms with Gasteiger partial charge >= 0.3 is 11.9 Å². The first-order valence-electron chi connectivity index (χ1n) is 26.2. The molecule has 0 bridgehead atoms. The number of benzene rings is 3. The highest BCUT2D eigenvalue weighted by Crippen LogP contribution is 2.67. The Hall–Kier alpha value is -4.44. The number of aryl methyl sites for hydroxylation is 2. The molecular formula is C63H88O4. The Labute approximate surface area is 408 Å². The molecule has 3 aromatic rings. The SMILES string of the molecule is C=Cc1ccc(C(=O)OCCC(C)CCC=C(C)C)cc1.C=Cc1ccc(C)cc1.Cc1ccc(C(=O)OC2CCC3(C)C(=CCC4C3CCC3(C)C(C(C)CCCC(C)C)CCC43)C2)cc1. The summed E-state index contributed by atoms with van der Waals surface area (Å²) in [6.45, 7) is 31.0. The first-order valence-corrected chi connectivity index (χ1v) is 26.2. The zero-order chi connectivity index (χ0) is 48.7. The molecule has 4 aliphatic carbocycles. The first-order chi connectivity index (χ1) is 32.0. The summed E-state index contributed by atoms with van der Waals surface area (Å²) < 4.78 is 11.4. The van der Waals surface area contributed by atoms with E-state index < -0.39 is 0 Å². The molecular weight excluding hydrogens is 821 g/mol. The largest absolute Gasteiger partial charge is 0.462 e. The molecule has 4 nitrogen and oxygen atoms in total. The minimum Gasteiger partial charge on any atom is -0.462 e. The summed E-state index contributed by atoms with van der Waals surface area (Å²) in [5, 5.41) is 0. The Kier molecular flexibility index (Phi) is 20.2. The fourth-order valence-corrected chi connectivity index (χ4v) is 12.4. The van der Waals surface area contributed by atoms with Crippen LogP contribution in [0.15, 0.2) is 109 Å². The first kappa shape index (κ1) is 53.5. The summed E-state index contributed by atoms with van der Waals surface area (Å²) >= 11 is 0. The van der Waals surface area contributed by atoms with Crippen LogP contribution in [0.1, 0.15) is 188 Å². The highest BCUT2D eigenvalue weighted by atomic mass is 16.5. The standard InChI is InChI=1S/C35H52O2.C19H26O2.C9H10/c1-23(2)8-7-9-25(4)30-16-17-31-29-15-14-27-22-28(37-33(36)26-12-10-24(3)11-13-26)18-20-34(27,5)32(29)19-21-35(30,31)6;1-5-17-9-11-18(12-10-17)19(20)21-14-13-16(4)8-6-7-15(2)3;1-3-9-6-4-8(2)5-7-9/h10-14,23,25,28-32H,7-9,15-22H2,1-6H3;5,7,9-12,16H,1,6,8,13-14H2,2-4H3;3-7H,1H2,2H3. The Bertz CT molecular complexity index is 2100. The van der Waals surface area contributed by atoms with Gasteiger partial charge in [0.1, 0.15) is 6.10 Å². The number of carbonyl (C=O) groups is 2. The molecule has 7 rings (SSSR count). The molecule has 0 aromatic heterocycles. The van der Waals surface area contributed by atoms with Crippen molar-refractivity contribution in [2.24, 2.45) is 52.3 Å². The molecule has 0 amide bonds. The fraction of sp³-hybridized carbons (Fsp3) is 0.556. The van der Waals surface area contributed by atoms with Gasteiger partial charge in [-0.2, -0.15) is 0 Å². The van der Waals surface area contributed by atoms with E-state index in [1.807, 2.05) is 49.4 Å². The highest BCUT2D eigenvalue weighted by molar-refractivity contribution is 5.90. The number of esters is 2. The van der Waals surface area contributed by atoms with Crippen molar-refractivity contribution < 1.29 is 19.1 Å². The molecule has 0 N–H and O–H groups in total. The van der Waals surface area contributed by atoms with Crippen molar-refractivity contribution in [3.05, 3.63) is 143 Å². The van der Waals surface area contributed by atoms with Crippen molar-refractivity contribution in [2.45, 2.75) is 165 Å². The summed E-state index contributed by atoms with van der Waals surface area (Å²) in [7, 11) is 0. The van der Waals surface area contributed by atoms with Crippen LogP contribution in [0, 0.1) is 66.1 Å². The maximum absolute atomic E-state index is 12.8. The second kappa shape index (κ2) is 25.2. The van der Waals surface area contributed by atoms with E-state index in [4.69, 9.17) is 9.47 Å². The summed E-state index contributed by atoms with van der Waals surface area (Å²) in [5.74, 6) is 5.35. The Balaban J connectivity index is 0.000000234. The van der Waals surface area contributed by atoms with Gasteiger partial charge in [0.15, 0.2) is 0 Å². The lowest BCUT2D eigenvalue weighted by molar-refractivity contribution is -0.0594. The Morgan fingerprint density at radius 2 is 1.31 bits per heavy atom. The van der Waals surface area contributed by atoms with E-state index in [0.717, 1.165) is 73.2 Å². The van der Waals surface area contributed by atoms with Gasteiger partial charge in [0.2, 0.25) is 0 Å². The van der Waals surface area contributed by atoms with E-state index in [2.05, 4.69) is 112 Å².